The summed E-state index contributed by atoms with van der Waals surface area (Å²) in [5.41, 5.74) is 0.721. The van der Waals surface area contributed by atoms with Gasteiger partial charge in [-0.15, -0.1) is 0 Å². The second-order valence-electron chi connectivity index (χ2n) is 4.59. The zero-order valence-electron chi connectivity index (χ0n) is 10.3. The number of hydrogen-bond donors (Lipinski definition) is 0. The molecule has 0 N–H and O–H groups in total. The van der Waals surface area contributed by atoms with Gasteiger partial charge in [-0.1, -0.05) is 12.5 Å². The molecule has 0 heterocycles. The molecule has 1 unspecified atom stereocenters. The maximum atomic E-state index is 13.6. The van der Waals surface area contributed by atoms with Gasteiger partial charge in [-0.3, -0.25) is 4.79 Å². The first-order valence-corrected chi connectivity index (χ1v) is 7.04. The zero-order valence-corrected chi connectivity index (χ0v) is 11.9. The van der Waals surface area contributed by atoms with Crippen molar-refractivity contribution >= 4 is 21.9 Å². The number of hydrogen-bond acceptors (Lipinski definition) is 2. The summed E-state index contributed by atoms with van der Waals surface area (Å²) in [6.45, 7) is 2.15. The molecule has 1 aliphatic rings. The molecule has 2 rings (SSSR count). The molecule has 98 valence electrons. The van der Waals surface area contributed by atoms with E-state index in [1.54, 1.807) is 19.1 Å². The largest absolute Gasteiger partial charge is 0.466 e. The van der Waals surface area contributed by atoms with E-state index in [9.17, 15) is 9.18 Å². The third kappa shape index (κ3) is 2.74. The highest BCUT2D eigenvalue weighted by Gasteiger charge is 2.35. The molecule has 0 amide bonds. The first-order valence-electron chi connectivity index (χ1n) is 6.25. The van der Waals surface area contributed by atoms with Crippen molar-refractivity contribution in [1.29, 1.82) is 0 Å². The quantitative estimate of drug-likeness (QED) is 0.784. The van der Waals surface area contributed by atoms with Crippen LogP contribution < -0.4 is 0 Å². The molecule has 1 aromatic carbocycles. The predicted octanol–water partition coefficient (Wildman–Crippen LogP) is 4.04. The SMILES string of the molecule is CCOC(=O)C(c1ccc(Br)c(F)c1)C1CCC1. The van der Waals surface area contributed by atoms with E-state index >= 15 is 0 Å². The van der Waals surface area contributed by atoms with E-state index in [2.05, 4.69) is 15.9 Å². The number of ether oxygens (including phenoxy) is 1. The van der Waals surface area contributed by atoms with Gasteiger partial charge in [0.15, 0.2) is 0 Å². The third-order valence-electron chi connectivity index (χ3n) is 3.46. The van der Waals surface area contributed by atoms with Gasteiger partial charge < -0.3 is 4.74 Å². The third-order valence-corrected chi connectivity index (χ3v) is 4.11. The highest BCUT2D eigenvalue weighted by atomic mass is 79.9. The van der Waals surface area contributed by atoms with Gasteiger partial charge in [-0.05, 0) is 59.3 Å². The molecule has 18 heavy (non-hydrogen) atoms. The van der Waals surface area contributed by atoms with Crippen LogP contribution in [0.25, 0.3) is 0 Å². The lowest BCUT2D eigenvalue weighted by Gasteiger charge is -2.32. The number of rotatable bonds is 4. The maximum absolute atomic E-state index is 13.6. The van der Waals surface area contributed by atoms with E-state index in [-0.39, 0.29) is 17.7 Å². The van der Waals surface area contributed by atoms with Crippen molar-refractivity contribution in [2.75, 3.05) is 6.61 Å². The molecule has 1 aliphatic carbocycles. The van der Waals surface area contributed by atoms with Crippen molar-refractivity contribution < 1.29 is 13.9 Å². The summed E-state index contributed by atoms with van der Waals surface area (Å²) in [5, 5.41) is 0. The minimum absolute atomic E-state index is 0.232. The Morgan fingerprint density at radius 1 is 1.56 bits per heavy atom. The number of esters is 1. The Kier molecular flexibility index (Phi) is 4.38. The zero-order chi connectivity index (χ0) is 13.1. The molecule has 0 bridgehead atoms. The van der Waals surface area contributed by atoms with Crippen LogP contribution in [0.4, 0.5) is 4.39 Å². The van der Waals surface area contributed by atoms with Gasteiger partial charge in [0, 0.05) is 0 Å². The molecule has 0 spiro atoms. The van der Waals surface area contributed by atoms with Crippen molar-refractivity contribution in [3.8, 4) is 0 Å². The fourth-order valence-electron chi connectivity index (χ4n) is 2.31. The summed E-state index contributed by atoms with van der Waals surface area (Å²) in [6.07, 6.45) is 3.17. The van der Waals surface area contributed by atoms with Crippen LogP contribution in [0.3, 0.4) is 0 Å². The summed E-state index contributed by atoms with van der Waals surface area (Å²) in [6, 6.07) is 4.88. The molecule has 1 aromatic rings. The highest BCUT2D eigenvalue weighted by Crippen LogP contribution is 2.40. The Bertz CT molecular complexity index is 443. The van der Waals surface area contributed by atoms with E-state index < -0.39 is 0 Å². The van der Waals surface area contributed by atoms with Crippen LogP contribution in [0.1, 0.15) is 37.7 Å². The molecule has 1 fully saturated rings. The molecule has 1 atom stereocenters. The topological polar surface area (TPSA) is 26.3 Å². The summed E-state index contributed by atoms with van der Waals surface area (Å²) in [4.78, 5) is 12.0. The average Bonchev–Trinajstić information content (AvgIpc) is 2.27. The van der Waals surface area contributed by atoms with Crippen molar-refractivity contribution in [2.24, 2.45) is 5.92 Å². The van der Waals surface area contributed by atoms with Crippen LogP contribution in [0.15, 0.2) is 22.7 Å². The predicted molar refractivity (Wildman–Crippen MR) is 70.8 cm³/mol. The molecule has 0 radical (unpaired) electrons. The Morgan fingerprint density at radius 2 is 2.28 bits per heavy atom. The van der Waals surface area contributed by atoms with Crippen molar-refractivity contribution in [2.45, 2.75) is 32.1 Å². The van der Waals surface area contributed by atoms with Crippen LogP contribution in [-0.4, -0.2) is 12.6 Å². The average molecular weight is 315 g/mol. The van der Waals surface area contributed by atoms with Gasteiger partial charge in [0.25, 0.3) is 0 Å². The lowest BCUT2D eigenvalue weighted by molar-refractivity contribution is -0.147. The minimum atomic E-state index is -0.332. The first-order chi connectivity index (χ1) is 8.63. The van der Waals surface area contributed by atoms with Gasteiger partial charge in [-0.25, -0.2) is 4.39 Å². The van der Waals surface area contributed by atoms with Crippen LogP contribution in [0.2, 0.25) is 0 Å². The number of carbonyl (C=O) groups is 1. The number of carbonyl (C=O) groups excluding carboxylic acids is 1. The summed E-state index contributed by atoms with van der Waals surface area (Å²) in [7, 11) is 0. The number of halogens is 2. The van der Waals surface area contributed by atoms with Gasteiger partial charge in [0.2, 0.25) is 0 Å². The van der Waals surface area contributed by atoms with E-state index in [0.717, 1.165) is 24.8 Å². The normalized spacial score (nSPS) is 17.1. The fraction of sp³-hybridized carbons (Fsp3) is 0.500. The van der Waals surface area contributed by atoms with Gasteiger partial charge in [-0.2, -0.15) is 0 Å². The summed E-state index contributed by atoms with van der Waals surface area (Å²) < 4.78 is 19.1. The Morgan fingerprint density at radius 3 is 2.78 bits per heavy atom. The summed E-state index contributed by atoms with van der Waals surface area (Å²) in [5.74, 6) is -0.587. The van der Waals surface area contributed by atoms with E-state index in [1.807, 2.05) is 0 Å². The van der Waals surface area contributed by atoms with Crippen molar-refractivity contribution in [1.82, 2.24) is 0 Å². The van der Waals surface area contributed by atoms with E-state index in [0.29, 0.717) is 17.0 Å². The van der Waals surface area contributed by atoms with Gasteiger partial charge >= 0.3 is 5.97 Å². The monoisotopic (exact) mass is 314 g/mol. The molecule has 0 saturated heterocycles. The van der Waals surface area contributed by atoms with Crippen molar-refractivity contribution in [3.63, 3.8) is 0 Å². The maximum Gasteiger partial charge on any atom is 0.313 e. The van der Waals surface area contributed by atoms with Crippen LogP contribution >= 0.6 is 15.9 Å². The molecular formula is C14H16BrFO2. The van der Waals surface area contributed by atoms with Crippen LogP contribution in [0.5, 0.6) is 0 Å². The Balaban J connectivity index is 2.26. The second-order valence-corrected chi connectivity index (χ2v) is 5.45. The first kappa shape index (κ1) is 13.5. The highest BCUT2D eigenvalue weighted by molar-refractivity contribution is 9.10. The van der Waals surface area contributed by atoms with Crippen molar-refractivity contribution in [3.05, 3.63) is 34.1 Å². The minimum Gasteiger partial charge on any atom is -0.466 e. The number of benzene rings is 1. The van der Waals surface area contributed by atoms with E-state index in [1.165, 1.54) is 6.07 Å². The van der Waals surface area contributed by atoms with Gasteiger partial charge in [0.1, 0.15) is 5.82 Å². The molecule has 0 aliphatic heterocycles. The standard InChI is InChI=1S/C14H16BrFO2/c1-2-18-14(17)13(9-4-3-5-9)10-6-7-11(15)12(16)8-10/h6-9,13H,2-5H2,1H3. The summed E-state index contributed by atoms with van der Waals surface area (Å²) >= 11 is 3.12. The Hall–Kier alpha value is -0.900. The molecule has 1 saturated carbocycles. The fourth-order valence-corrected chi connectivity index (χ4v) is 2.56. The second kappa shape index (κ2) is 5.83. The molecule has 2 nitrogen and oxygen atoms in total. The molecule has 0 aromatic heterocycles. The lowest BCUT2D eigenvalue weighted by Crippen LogP contribution is -2.28. The lowest BCUT2D eigenvalue weighted by atomic mass is 9.73. The van der Waals surface area contributed by atoms with Crippen LogP contribution in [0, 0.1) is 11.7 Å². The van der Waals surface area contributed by atoms with Crippen LogP contribution in [-0.2, 0) is 9.53 Å². The molecule has 4 heteroatoms. The smallest absolute Gasteiger partial charge is 0.313 e. The van der Waals surface area contributed by atoms with E-state index in [4.69, 9.17) is 4.74 Å². The Labute approximate surface area is 115 Å². The van der Waals surface area contributed by atoms with Gasteiger partial charge in [0.05, 0.1) is 17.0 Å². The molecular weight excluding hydrogens is 299 g/mol.